The minimum Gasteiger partial charge on any atom is -0.480 e. The molecule has 1 aromatic carbocycles. The molecule has 0 aromatic heterocycles. The van der Waals surface area contributed by atoms with Crippen molar-refractivity contribution in [3.63, 3.8) is 0 Å². The van der Waals surface area contributed by atoms with Gasteiger partial charge in [0.1, 0.15) is 6.04 Å². The Labute approximate surface area is 119 Å². The second-order valence-electron chi connectivity index (χ2n) is 5.25. The van der Waals surface area contributed by atoms with Gasteiger partial charge in [-0.15, -0.1) is 0 Å². The van der Waals surface area contributed by atoms with Crippen molar-refractivity contribution in [2.45, 2.75) is 45.1 Å². The molecule has 1 atom stereocenters. The molecular weight excluding hydrogens is 254 g/mol. The number of hydrogen-bond donors (Lipinski definition) is 1. The molecule has 1 heterocycles. The standard InChI is InChI=1S/C16H21NO3/c1-2-12-5-7-13(8-6-12)9-10-15(18)17-11-3-4-14(17)16(19)20/h5-8,14H,2-4,9-11H2,1H3,(H,19,20)/t14-/m1/s1. The highest BCUT2D eigenvalue weighted by Gasteiger charge is 2.33. The minimum atomic E-state index is -0.886. The fraction of sp³-hybridized carbons (Fsp3) is 0.500. The van der Waals surface area contributed by atoms with Gasteiger partial charge in [-0.2, -0.15) is 0 Å². The van der Waals surface area contributed by atoms with E-state index in [1.807, 2.05) is 12.1 Å². The van der Waals surface area contributed by atoms with Gasteiger partial charge in [0, 0.05) is 13.0 Å². The molecule has 1 aliphatic heterocycles. The van der Waals surface area contributed by atoms with Crippen LogP contribution in [0.1, 0.15) is 37.3 Å². The molecule has 2 rings (SSSR count). The summed E-state index contributed by atoms with van der Waals surface area (Å²) in [6, 6.07) is 7.63. The van der Waals surface area contributed by atoms with E-state index in [0.29, 0.717) is 25.8 Å². The van der Waals surface area contributed by atoms with Gasteiger partial charge in [0.05, 0.1) is 0 Å². The number of carbonyl (C=O) groups is 2. The average molecular weight is 275 g/mol. The summed E-state index contributed by atoms with van der Waals surface area (Å²) in [7, 11) is 0. The van der Waals surface area contributed by atoms with E-state index in [-0.39, 0.29) is 5.91 Å². The molecule has 1 aliphatic rings. The van der Waals surface area contributed by atoms with E-state index in [1.54, 1.807) is 0 Å². The summed E-state index contributed by atoms with van der Waals surface area (Å²) < 4.78 is 0. The van der Waals surface area contributed by atoms with Crippen LogP contribution in [0.15, 0.2) is 24.3 Å². The zero-order valence-electron chi connectivity index (χ0n) is 11.8. The van der Waals surface area contributed by atoms with E-state index in [1.165, 1.54) is 10.5 Å². The number of benzene rings is 1. The molecule has 0 bridgehead atoms. The second-order valence-corrected chi connectivity index (χ2v) is 5.25. The predicted molar refractivity (Wildman–Crippen MR) is 76.5 cm³/mol. The molecule has 0 spiro atoms. The van der Waals surface area contributed by atoms with Gasteiger partial charge >= 0.3 is 5.97 Å². The van der Waals surface area contributed by atoms with Crippen LogP contribution < -0.4 is 0 Å². The number of likely N-dealkylation sites (tertiary alicyclic amines) is 1. The van der Waals surface area contributed by atoms with Crippen LogP contribution >= 0.6 is 0 Å². The maximum Gasteiger partial charge on any atom is 0.326 e. The lowest BCUT2D eigenvalue weighted by atomic mass is 10.1. The van der Waals surface area contributed by atoms with Crippen LogP contribution in [0.25, 0.3) is 0 Å². The maximum absolute atomic E-state index is 12.1. The Balaban J connectivity index is 1.89. The Hall–Kier alpha value is -1.84. The predicted octanol–water partition coefficient (Wildman–Crippen LogP) is 2.26. The van der Waals surface area contributed by atoms with E-state index in [2.05, 4.69) is 19.1 Å². The van der Waals surface area contributed by atoms with Gasteiger partial charge in [-0.3, -0.25) is 4.79 Å². The van der Waals surface area contributed by atoms with Gasteiger partial charge in [0.15, 0.2) is 0 Å². The summed E-state index contributed by atoms with van der Waals surface area (Å²) in [4.78, 5) is 24.7. The monoisotopic (exact) mass is 275 g/mol. The third kappa shape index (κ3) is 3.38. The van der Waals surface area contributed by atoms with Crippen molar-refractivity contribution in [1.82, 2.24) is 4.90 Å². The Morgan fingerprint density at radius 1 is 1.25 bits per heavy atom. The number of amides is 1. The Bertz CT molecular complexity index is 481. The lowest BCUT2D eigenvalue weighted by Crippen LogP contribution is -2.40. The molecule has 0 radical (unpaired) electrons. The third-order valence-electron chi connectivity index (χ3n) is 3.92. The average Bonchev–Trinajstić information content (AvgIpc) is 2.95. The van der Waals surface area contributed by atoms with Crippen LogP contribution in [0.3, 0.4) is 0 Å². The first kappa shape index (κ1) is 14.6. The number of aryl methyl sites for hydroxylation is 2. The molecule has 4 nitrogen and oxygen atoms in total. The summed E-state index contributed by atoms with van der Waals surface area (Å²) in [6.07, 6.45) is 3.42. The largest absolute Gasteiger partial charge is 0.480 e. The van der Waals surface area contributed by atoms with Crippen LogP contribution in [0.5, 0.6) is 0 Å². The number of carboxylic acids is 1. The number of carboxylic acid groups (broad SMARTS) is 1. The van der Waals surface area contributed by atoms with Gasteiger partial charge in [-0.25, -0.2) is 4.79 Å². The zero-order chi connectivity index (χ0) is 14.5. The number of nitrogens with zero attached hydrogens (tertiary/aromatic N) is 1. The topological polar surface area (TPSA) is 57.6 Å². The molecule has 0 aliphatic carbocycles. The van der Waals surface area contributed by atoms with Crippen LogP contribution in [0, 0.1) is 0 Å². The molecule has 1 aromatic rings. The summed E-state index contributed by atoms with van der Waals surface area (Å²) in [6.45, 7) is 2.68. The number of aliphatic carboxylic acids is 1. The normalized spacial score (nSPS) is 18.2. The second kappa shape index (κ2) is 6.55. The Kier molecular flexibility index (Phi) is 4.77. The van der Waals surface area contributed by atoms with Crippen molar-refractivity contribution in [1.29, 1.82) is 0 Å². The molecule has 1 N–H and O–H groups in total. The zero-order valence-corrected chi connectivity index (χ0v) is 11.8. The lowest BCUT2D eigenvalue weighted by Gasteiger charge is -2.21. The van der Waals surface area contributed by atoms with Crippen molar-refractivity contribution in [3.8, 4) is 0 Å². The highest BCUT2D eigenvalue weighted by Crippen LogP contribution is 2.19. The molecule has 0 unspecified atom stereocenters. The maximum atomic E-state index is 12.1. The van der Waals surface area contributed by atoms with E-state index >= 15 is 0 Å². The quantitative estimate of drug-likeness (QED) is 0.896. The summed E-state index contributed by atoms with van der Waals surface area (Å²) in [5.41, 5.74) is 2.41. The van der Waals surface area contributed by atoms with Crippen molar-refractivity contribution >= 4 is 11.9 Å². The van der Waals surface area contributed by atoms with Gasteiger partial charge in [-0.05, 0) is 36.8 Å². The number of carbonyl (C=O) groups excluding carboxylic acids is 1. The SMILES string of the molecule is CCc1ccc(CCC(=O)N2CCC[C@@H]2C(=O)O)cc1. The van der Waals surface area contributed by atoms with Crippen LogP contribution in [0.2, 0.25) is 0 Å². The van der Waals surface area contributed by atoms with E-state index < -0.39 is 12.0 Å². The lowest BCUT2D eigenvalue weighted by molar-refractivity contribution is -0.148. The molecule has 20 heavy (non-hydrogen) atoms. The molecule has 1 fully saturated rings. The van der Waals surface area contributed by atoms with E-state index in [9.17, 15) is 9.59 Å². The number of rotatable bonds is 5. The highest BCUT2D eigenvalue weighted by molar-refractivity contribution is 5.84. The molecular formula is C16H21NO3. The molecule has 0 saturated carbocycles. The third-order valence-corrected chi connectivity index (χ3v) is 3.92. The van der Waals surface area contributed by atoms with E-state index in [0.717, 1.165) is 18.4 Å². The van der Waals surface area contributed by atoms with Gasteiger partial charge in [-0.1, -0.05) is 31.2 Å². The first-order chi connectivity index (χ1) is 9.61. The van der Waals surface area contributed by atoms with Crippen molar-refractivity contribution in [2.24, 2.45) is 0 Å². The Morgan fingerprint density at radius 2 is 1.90 bits per heavy atom. The van der Waals surface area contributed by atoms with Gasteiger partial charge in [0.25, 0.3) is 0 Å². The highest BCUT2D eigenvalue weighted by atomic mass is 16.4. The smallest absolute Gasteiger partial charge is 0.326 e. The molecule has 1 amide bonds. The molecule has 1 saturated heterocycles. The van der Waals surface area contributed by atoms with Gasteiger partial charge < -0.3 is 10.0 Å². The van der Waals surface area contributed by atoms with Gasteiger partial charge in [0.2, 0.25) is 5.91 Å². The number of hydrogen-bond acceptors (Lipinski definition) is 2. The summed E-state index contributed by atoms with van der Waals surface area (Å²) >= 11 is 0. The summed E-state index contributed by atoms with van der Waals surface area (Å²) in [5, 5.41) is 9.08. The van der Waals surface area contributed by atoms with Crippen LogP contribution in [-0.4, -0.2) is 34.5 Å². The van der Waals surface area contributed by atoms with Crippen molar-refractivity contribution in [2.75, 3.05) is 6.54 Å². The molecule has 4 heteroatoms. The fourth-order valence-electron chi connectivity index (χ4n) is 2.66. The van der Waals surface area contributed by atoms with Crippen LogP contribution in [0.4, 0.5) is 0 Å². The molecule has 108 valence electrons. The van der Waals surface area contributed by atoms with Crippen molar-refractivity contribution < 1.29 is 14.7 Å². The van der Waals surface area contributed by atoms with Crippen molar-refractivity contribution in [3.05, 3.63) is 35.4 Å². The van der Waals surface area contributed by atoms with E-state index in [4.69, 9.17) is 5.11 Å². The first-order valence-corrected chi connectivity index (χ1v) is 7.22. The summed E-state index contributed by atoms with van der Waals surface area (Å²) in [5.74, 6) is -0.933. The minimum absolute atomic E-state index is 0.0468. The Morgan fingerprint density at radius 3 is 2.50 bits per heavy atom. The first-order valence-electron chi connectivity index (χ1n) is 7.22. The fourth-order valence-corrected chi connectivity index (χ4v) is 2.66. The van der Waals surface area contributed by atoms with Crippen LogP contribution in [-0.2, 0) is 22.4 Å².